The Kier molecular flexibility index (Phi) is 4.70. The fourth-order valence-corrected chi connectivity index (χ4v) is 3.34. The van der Waals surface area contributed by atoms with Crippen molar-refractivity contribution >= 4 is 0 Å². The van der Waals surface area contributed by atoms with Crippen molar-refractivity contribution in [1.29, 1.82) is 0 Å². The molecule has 1 N–H and O–H groups in total. The minimum absolute atomic E-state index is 0.782. The van der Waals surface area contributed by atoms with E-state index in [1.165, 1.54) is 51.3 Å². The molecule has 5 heteroatoms. The Labute approximate surface area is 121 Å². The van der Waals surface area contributed by atoms with Crippen molar-refractivity contribution in [2.75, 3.05) is 39.3 Å². The Bertz CT molecular complexity index is 402. The fourth-order valence-electron chi connectivity index (χ4n) is 3.34. The predicted octanol–water partition coefficient (Wildman–Crippen LogP) is 0.773. The van der Waals surface area contributed by atoms with Crippen molar-refractivity contribution in [3.8, 4) is 0 Å². The zero-order chi connectivity index (χ0) is 13.8. The molecule has 0 aliphatic carbocycles. The highest BCUT2D eigenvalue weighted by Crippen LogP contribution is 2.13. The van der Waals surface area contributed by atoms with E-state index in [9.17, 15) is 0 Å². The van der Waals surface area contributed by atoms with Gasteiger partial charge in [0.25, 0.3) is 0 Å². The zero-order valence-corrected chi connectivity index (χ0v) is 12.6. The van der Waals surface area contributed by atoms with Gasteiger partial charge in [0, 0.05) is 63.6 Å². The van der Waals surface area contributed by atoms with Crippen molar-refractivity contribution in [1.82, 2.24) is 24.9 Å². The molecular weight excluding hydrogens is 250 g/mol. The number of piperazine rings is 1. The highest BCUT2D eigenvalue weighted by atomic mass is 15.3. The molecule has 112 valence electrons. The van der Waals surface area contributed by atoms with Gasteiger partial charge < -0.3 is 5.32 Å². The van der Waals surface area contributed by atoms with Crippen molar-refractivity contribution < 1.29 is 0 Å². The summed E-state index contributed by atoms with van der Waals surface area (Å²) in [6, 6.07) is 0.782. The number of hydrogen-bond acceptors (Lipinski definition) is 4. The van der Waals surface area contributed by atoms with Gasteiger partial charge in [-0.3, -0.25) is 14.5 Å². The monoisotopic (exact) mass is 277 g/mol. The smallest absolute Gasteiger partial charge is 0.0534 e. The van der Waals surface area contributed by atoms with Crippen LogP contribution >= 0.6 is 0 Å². The van der Waals surface area contributed by atoms with Crippen LogP contribution in [0, 0.1) is 0 Å². The summed E-state index contributed by atoms with van der Waals surface area (Å²) in [6.45, 7) is 11.5. The van der Waals surface area contributed by atoms with Gasteiger partial charge in [-0.2, -0.15) is 5.10 Å². The van der Waals surface area contributed by atoms with E-state index in [0.717, 1.165) is 25.6 Å². The van der Waals surface area contributed by atoms with Crippen LogP contribution in [0.2, 0.25) is 0 Å². The fraction of sp³-hybridized carbons (Fsp3) is 0.800. The summed E-state index contributed by atoms with van der Waals surface area (Å²) in [5.41, 5.74) is 1.36. The largest absolute Gasteiger partial charge is 0.315 e. The number of aromatic nitrogens is 2. The molecule has 2 saturated heterocycles. The number of nitrogens with zero attached hydrogens (tertiary/aromatic N) is 4. The molecule has 0 radical (unpaired) electrons. The van der Waals surface area contributed by atoms with E-state index >= 15 is 0 Å². The van der Waals surface area contributed by atoms with E-state index in [4.69, 9.17) is 0 Å². The molecule has 1 unspecified atom stereocenters. The molecule has 20 heavy (non-hydrogen) atoms. The molecule has 0 spiro atoms. The van der Waals surface area contributed by atoms with E-state index in [1.54, 1.807) is 0 Å². The van der Waals surface area contributed by atoms with Crippen LogP contribution < -0.4 is 5.32 Å². The van der Waals surface area contributed by atoms with Crippen molar-refractivity contribution in [3.63, 3.8) is 0 Å². The molecule has 0 aromatic carbocycles. The summed E-state index contributed by atoms with van der Waals surface area (Å²) in [7, 11) is 0. The Morgan fingerprint density at radius 2 is 2.15 bits per heavy atom. The standard InChI is InChI=1S/C15H27N5/c1-2-5-20-13-14(10-17-20)12-18-6-8-19(9-7-18)15-3-4-16-11-15/h10,13,15-16H,2-9,11-12H2,1H3. The number of hydrogen-bond donors (Lipinski definition) is 1. The van der Waals surface area contributed by atoms with Gasteiger partial charge in [0.05, 0.1) is 6.20 Å². The van der Waals surface area contributed by atoms with Gasteiger partial charge in [0.15, 0.2) is 0 Å². The summed E-state index contributed by atoms with van der Waals surface area (Å²) in [5, 5.41) is 7.89. The zero-order valence-electron chi connectivity index (χ0n) is 12.6. The molecule has 2 aliphatic heterocycles. The average Bonchev–Trinajstić information content (AvgIpc) is 3.12. The van der Waals surface area contributed by atoms with E-state index in [2.05, 4.69) is 38.0 Å². The van der Waals surface area contributed by atoms with E-state index < -0.39 is 0 Å². The lowest BCUT2D eigenvalue weighted by Gasteiger charge is -2.37. The first kappa shape index (κ1) is 14.0. The molecule has 5 nitrogen and oxygen atoms in total. The van der Waals surface area contributed by atoms with Crippen LogP contribution in [0.4, 0.5) is 0 Å². The highest BCUT2D eigenvalue weighted by Gasteiger charge is 2.25. The average molecular weight is 277 g/mol. The second-order valence-electron chi connectivity index (χ2n) is 6.07. The minimum Gasteiger partial charge on any atom is -0.315 e. The maximum absolute atomic E-state index is 4.42. The molecule has 0 amide bonds. The second kappa shape index (κ2) is 6.70. The van der Waals surface area contributed by atoms with Crippen LogP contribution in [-0.4, -0.2) is 64.9 Å². The second-order valence-corrected chi connectivity index (χ2v) is 6.07. The summed E-state index contributed by atoms with van der Waals surface area (Å²) in [5.74, 6) is 0. The molecular formula is C15H27N5. The van der Waals surface area contributed by atoms with E-state index in [1.807, 2.05) is 6.20 Å². The summed E-state index contributed by atoms with van der Waals surface area (Å²) >= 11 is 0. The Morgan fingerprint density at radius 3 is 2.85 bits per heavy atom. The summed E-state index contributed by atoms with van der Waals surface area (Å²) in [4.78, 5) is 5.23. The van der Waals surface area contributed by atoms with Crippen LogP contribution in [-0.2, 0) is 13.1 Å². The lowest BCUT2D eigenvalue weighted by atomic mass is 10.2. The van der Waals surface area contributed by atoms with Gasteiger partial charge in [0.1, 0.15) is 0 Å². The molecule has 0 saturated carbocycles. The first-order valence-corrected chi connectivity index (χ1v) is 8.03. The molecule has 1 aromatic heterocycles. The molecule has 3 rings (SSSR count). The molecule has 3 heterocycles. The third-order valence-electron chi connectivity index (χ3n) is 4.50. The number of rotatable bonds is 5. The Morgan fingerprint density at radius 1 is 1.30 bits per heavy atom. The normalized spacial score (nSPS) is 25.4. The Hall–Kier alpha value is -0.910. The summed E-state index contributed by atoms with van der Waals surface area (Å²) in [6.07, 6.45) is 6.71. The third-order valence-corrected chi connectivity index (χ3v) is 4.50. The van der Waals surface area contributed by atoms with Crippen molar-refractivity contribution in [2.24, 2.45) is 0 Å². The Balaban J connectivity index is 1.45. The van der Waals surface area contributed by atoms with Crippen LogP contribution in [0.15, 0.2) is 12.4 Å². The maximum Gasteiger partial charge on any atom is 0.0534 e. The van der Waals surface area contributed by atoms with Crippen LogP contribution in [0.5, 0.6) is 0 Å². The van der Waals surface area contributed by atoms with Crippen LogP contribution in [0.25, 0.3) is 0 Å². The quantitative estimate of drug-likeness (QED) is 0.862. The maximum atomic E-state index is 4.42. The SMILES string of the molecule is CCCn1cc(CN2CCN(C3CCNC3)CC2)cn1. The predicted molar refractivity (Wildman–Crippen MR) is 80.6 cm³/mol. The highest BCUT2D eigenvalue weighted by molar-refractivity contribution is 5.04. The van der Waals surface area contributed by atoms with Crippen LogP contribution in [0.1, 0.15) is 25.3 Å². The third kappa shape index (κ3) is 3.40. The van der Waals surface area contributed by atoms with Gasteiger partial charge in [-0.25, -0.2) is 0 Å². The van der Waals surface area contributed by atoms with Crippen LogP contribution in [0.3, 0.4) is 0 Å². The lowest BCUT2D eigenvalue weighted by molar-refractivity contribution is 0.0981. The number of nitrogens with one attached hydrogen (secondary N) is 1. The van der Waals surface area contributed by atoms with Gasteiger partial charge in [-0.1, -0.05) is 6.92 Å². The molecule has 2 fully saturated rings. The topological polar surface area (TPSA) is 36.3 Å². The first-order chi connectivity index (χ1) is 9.85. The lowest BCUT2D eigenvalue weighted by Crippen LogP contribution is -2.50. The van der Waals surface area contributed by atoms with Gasteiger partial charge in [0.2, 0.25) is 0 Å². The first-order valence-electron chi connectivity index (χ1n) is 8.03. The molecule has 2 aliphatic rings. The molecule has 0 bridgehead atoms. The number of aryl methyl sites for hydroxylation is 1. The van der Waals surface area contributed by atoms with Gasteiger partial charge in [-0.15, -0.1) is 0 Å². The molecule has 1 aromatic rings. The van der Waals surface area contributed by atoms with Crippen molar-refractivity contribution in [3.05, 3.63) is 18.0 Å². The van der Waals surface area contributed by atoms with Crippen molar-refractivity contribution in [2.45, 2.75) is 38.9 Å². The summed E-state index contributed by atoms with van der Waals surface area (Å²) < 4.78 is 2.07. The van der Waals surface area contributed by atoms with E-state index in [-0.39, 0.29) is 0 Å². The van der Waals surface area contributed by atoms with Gasteiger partial charge >= 0.3 is 0 Å². The van der Waals surface area contributed by atoms with Gasteiger partial charge in [-0.05, 0) is 19.4 Å². The minimum atomic E-state index is 0.782. The molecule has 1 atom stereocenters. The van der Waals surface area contributed by atoms with E-state index in [0.29, 0.717) is 0 Å².